The van der Waals surface area contributed by atoms with Gasteiger partial charge in [-0.25, -0.2) is 9.59 Å². The molecule has 0 spiro atoms. The van der Waals surface area contributed by atoms with Crippen LogP contribution in [-0.2, 0) is 16.0 Å². The molecule has 1 rings (SSSR count). The molecular formula is C15H19F2NO6. The quantitative estimate of drug-likeness (QED) is 0.707. The van der Waals surface area contributed by atoms with Crippen molar-refractivity contribution in [1.29, 1.82) is 0 Å². The summed E-state index contributed by atoms with van der Waals surface area (Å²) in [6, 6.07) is 2.09. The van der Waals surface area contributed by atoms with Crippen molar-refractivity contribution in [3.05, 3.63) is 17.7 Å². The molecule has 0 unspecified atom stereocenters. The van der Waals surface area contributed by atoms with Crippen LogP contribution in [0.5, 0.6) is 11.5 Å². The first-order valence-electron chi connectivity index (χ1n) is 6.87. The van der Waals surface area contributed by atoms with Crippen LogP contribution in [0.4, 0.5) is 19.3 Å². The number of nitrogens with one attached hydrogen (secondary N) is 1. The van der Waals surface area contributed by atoms with Crippen LogP contribution in [0.3, 0.4) is 0 Å². The van der Waals surface area contributed by atoms with Gasteiger partial charge in [-0.2, -0.15) is 8.78 Å². The second-order valence-corrected chi connectivity index (χ2v) is 6.01. The average Bonchev–Trinajstić information content (AvgIpc) is 2.39. The highest BCUT2D eigenvalue weighted by atomic mass is 19.3. The minimum Gasteiger partial charge on any atom is -0.503 e. The Morgan fingerprint density at radius 1 is 1.25 bits per heavy atom. The SMILES string of the molecule is COc1cc(CC(F)(F)C(=O)O)cc(NC(=O)OC(C)(C)C)c1O. The van der Waals surface area contributed by atoms with Gasteiger partial charge in [0, 0.05) is 6.42 Å². The number of phenolic OH excluding ortho intramolecular Hbond substituents is 1. The average molecular weight is 347 g/mol. The van der Waals surface area contributed by atoms with Gasteiger partial charge in [0.25, 0.3) is 0 Å². The van der Waals surface area contributed by atoms with Gasteiger partial charge in [-0.15, -0.1) is 0 Å². The molecule has 134 valence electrons. The number of aromatic hydroxyl groups is 1. The number of hydrogen-bond acceptors (Lipinski definition) is 5. The van der Waals surface area contributed by atoms with Gasteiger partial charge in [0.05, 0.1) is 12.8 Å². The largest absolute Gasteiger partial charge is 0.503 e. The number of halogens is 2. The number of carbonyl (C=O) groups excluding carboxylic acids is 1. The number of carboxylic acids is 1. The second-order valence-electron chi connectivity index (χ2n) is 6.01. The topological polar surface area (TPSA) is 105 Å². The zero-order valence-electron chi connectivity index (χ0n) is 13.6. The van der Waals surface area contributed by atoms with E-state index in [9.17, 15) is 23.5 Å². The monoisotopic (exact) mass is 347 g/mol. The summed E-state index contributed by atoms with van der Waals surface area (Å²) in [7, 11) is 1.19. The van der Waals surface area contributed by atoms with Crippen molar-refractivity contribution in [3.8, 4) is 11.5 Å². The summed E-state index contributed by atoms with van der Waals surface area (Å²) in [4.78, 5) is 22.3. The van der Waals surface area contributed by atoms with E-state index in [-0.39, 0.29) is 17.0 Å². The number of ether oxygens (including phenoxy) is 2. The summed E-state index contributed by atoms with van der Waals surface area (Å²) in [6.07, 6.45) is -2.05. The number of methoxy groups -OCH3 is 1. The van der Waals surface area contributed by atoms with E-state index in [4.69, 9.17) is 14.6 Å². The Morgan fingerprint density at radius 3 is 2.29 bits per heavy atom. The Morgan fingerprint density at radius 2 is 1.83 bits per heavy atom. The van der Waals surface area contributed by atoms with Gasteiger partial charge in [-0.3, -0.25) is 5.32 Å². The number of anilines is 1. The fraction of sp³-hybridized carbons (Fsp3) is 0.467. The lowest BCUT2D eigenvalue weighted by molar-refractivity contribution is -0.164. The molecule has 0 heterocycles. The summed E-state index contributed by atoms with van der Waals surface area (Å²) < 4.78 is 36.6. The number of amides is 1. The summed E-state index contributed by atoms with van der Waals surface area (Å²) >= 11 is 0. The standard InChI is InChI=1S/C15H19F2NO6/c1-14(2,3)24-13(22)18-9-5-8(6-10(23-4)11(9)19)7-15(16,17)12(20)21/h5-6,19H,7H2,1-4H3,(H,18,22)(H,20,21). The van der Waals surface area contributed by atoms with Crippen molar-refractivity contribution in [2.24, 2.45) is 0 Å². The van der Waals surface area contributed by atoms with Crippen LogP contribution in [-0.4, -0.2) is 40.9 Å². The molecule has 0 fully saturated rings. The second kappa shape index (κ2) is 6.90. The highest BCUT2D eigenvalue weighted by Gasteiger charge is 2.39. The van der Waals surface area contributed by atoms with Crippen molar-refractivity contribution in [1.82, 2.24) is 0 Å². The molecule has 0 aliphatic rings. The third-order valence-corrected chi connectivity index (χ3v) is 2.73. The highest BCUT2D eigenvalue weighted by Crippen LogP contribution is 2.37. The van der Waals surface area contributed by atoms with Crippen LogP contribution in [0.15, 0.2) is 12.1 Å². The molecule has 0 atom stereocenters. The number of phenols is 1. The minimum absolute atomic E-state index is 0.150. The molecule has 0 bridgehead atoms. The van der Waals surface area contributed by atoms with E-state index in [1.807, 2.05) is 0 Å². The van der Waals surface area contributed by atoms with Crippen molar-refractivity contribution in [3.63, 3.8) is 0 Å². The molecule has 9 heteroatoms. The van der Waals surface area contributed by atoms with Gasteiger partial charge in [0.15, 0.2) is 11.5 Å². The highest BCUT2D eigenvalue weighted by molar-refractivity contribution is 5.88. The van der Waals surface area contributed by atoms with Gasteiger partial charge in [0.2, 0.25) is 0 Å². The maximum atomic E-state index is 13.4. The van der Waals surface area contributed by atoms with Crippen LogP contribution in [0.1, 0.15) is 26.3 Å². The minimum atomic E-state index is -4.01. The Balaban J connectivity index is 3.14. The van der Waals surface area contributed by atoms with Gasteiger partial charge in [0.1, 0.15) is 5.60 Å². The molecule has 24 heavy (non-hydrogen) atoms. The molecule has 7 nitrogen and oxygen atoms in total. The molecule has 0 radical (unpaired) electrons. The fourth-order valence-corrected chi connectivity index (χ4v) is 1.76. The van der Waals surface area contributed by atoms with Gasteiger partial charge in [-0.1, -0.05) is 0 Å². The van der Waals surface area contributed by atoms with Crippen LogP contribution < -0.4 is 10.1 Å². The number of benzene rings is 1. The van der Waals surface area contributed by atoms with E-state index in [2.05, 4.69) is 5.32 Å². The normalized spacial score (nSPS) is 11.8. The van der Waals surface area contributed by atoms with E-state index in [1.54, 1.807) is 20.8 Å². The zero-order chi connectivity index (χ0) is 18.7. The fourth-order valence-electron chi connectivity index (χ4n) is 1.76. The molecule has 0 aliphatic heterocycles. The van der Waals surface area contributed by atoms with Gasteiger partial charge < -0.3 is 19.7 Å². The molecule has 0 saturated carbocycles. The van der Waals surface area contributed by atoms with E-state index in [1.165, 1.54) is 7.11 Å². The lowest BCUT2D eigenvalue weighted by atomic mass is 10.1. The number of alkyl halides is 2. The molecule has 0 aromatic heterocycles. The van der Waals surface area contributed by atoms with E-state index in [0.717, 1.165) is 12.1 Å². The van der Waals surface area contributed by atoms with Crippen molar-refractivity contribution in [2.75, 3.05) is 12.4 Å². The first-order chi connectivity index (χ1) is 10.9. The number of carbonyl (C=O) groups is 2. The Bertz CT molecular complexity index is 640. The zero-order valence-corrected chi connectivity index (χ0v) is 13.6. The van der Waals surface area contributed by atoms with Gasteiger partial charge in [-0.05, 0) is 38.5 Å². The number of aliphatic carboxylic acids is 1. The summed E-state index contributed by atoms with van der Waals surface area (Å²) in [6.45, 7) is 4.87. The number of hydrogen-bond donors (Lipinski definition) is 3. The molecule has 1 amide bonds. The van der Waals surface area contributed by atoms with Gasteiger partial charge >= 0.3 is 18.0 Å². The maximum absolute atomic E-state index is 13.4. The predicted molar refractivity (Wildman–Crippen MR) is 80.8 cm³/mol. The van der Waals surface area contributed by atoms with E-state index < -0.39 is 35.8 Å². The number of carboxylic acid groups (broad SMARTS) is 1. The molecule has 0 aliphatic carbocycles. The smallest absolute Gasteiger partial charge is 0.412 e. The first-order valence-corrected chi connectivity index (χ1v) is 6.87. The lowest BCUT2D eigenvalue weighted by Crippen LogP contribution is -2.30. The van der Waals surface area contributed by atoms with Crippen LogP contribution in [0, 0.1) is 0 Å². The maximum Gasteiger partial charge on any atom is 0.412 e. The molecule has 1 aromatic rings. The lowest BCUT2D eigenvalue weighted by Gasteiger charge is -2.20. The van der Waals surface area contributed by atoms with E-state index >= 15 is 0 Å². The van der Waals surface area contributed by atoms with Crippen molar-refractivity contribution < 1.29 is 38.1 Å². The van der Waals surface area contributed by atoms with E-state index in [0.29, 0.717) is 0 Å². The van der Waals surface area contributed by atoms with Crippen LogP contribution >= 0.6 is 0 Å². The van der Waals surface area contributed by atoms with Crippen LogP contribution in [0.2, 0.25) is 0 Å². The third-order valence-electron chi connectivity index (χ3n) is 2.73. The molecule has 1 aromatic carbocycles. The molecule has 3 N–H and O–H groups in total. The predicted octanol–water partition coefficient (Wildman–Crippen LogP) is 3.01. The number of rotatable bonds is 5. The summed E-state index contributed by atoms with van der Waals surface area (Å²) in [5.74, 6) is -6.98. The van der Waals surface area contributed by atoms with Crippen molar-refractivity contribution in [2.45, 2.75) is 38.7 Å². The third kappa shape index (κ3) is 5.25. The molecule has 0 saturated heterocycles. The Labute approximate surface area is 137 Å². The summed E-state index contributed by atoms with van der Waals surface area (Å²) in [5.41, 5.74) is -1.19. The first kappa shape index (κ1) is 19.5. The molecular weight excluding hydrogens is 328 g/mol. The Hall–Kier alpha value is -2.58. The Kier molecular flexibility index (Phi) is 5.59. The van der Waals surface area contributed by atoms with Crippen LogP contribution in [0.25, 0.3) is 0 Å². The van der Waals surface area contributed by atoms with Crippen molar-refractivity contribution >= 4 is 17.7 Å². The summed E-state index contributed by atoms with van der Waals surface area (Å²) in [5, 5.41) is 20.7.